The number of hydrogen-bond acceptors (Lipinski definition) is 4. The molecule has 1 saturated carbocycles. The van der Waals surface area contributed by atoms with Crippen molar-refractivity contribution in [2.24, 2.45) is 0 Å². The number of likely N-dealkylation sites (N-methyl/N-ethyl adjacent to an activating group) is 1. The van der Waals surface area contributed by atoms with E-state index in [0.717, 1.165) is 38.6 Å². The predicted octanol–water partition coefficient (Wildman–Crippen LogP) is 2.36. The molecule has 1 aliphatic rings. The van der Waals surface area contributed by atoms with E-state index in [4.69, 9.17) is 4.74 Å². The van der Waals surface area contributed by atoms with E-state index in [1.54, 1.807) is 18.2 Å². The minimum Gasteiger partial charge on any atom is -0.492 e. The summed E-state index contributed by atoms with van der Waals surface area (Å²) in [6.45, 7) is 1.30. The fourth-order valence-electron chi connectivity index (χ4n) is 2.54. The SMILES string of the molecule is CNCCOc1cccc(NS(=O)(=O)C2CCCCC2)c1. The monoisotopic (exact) mass is 312 g/mol. The average Bonchev–Trinajstić information content (AvgIpc) is 2.48. The second-order valence-electron chi connectivity index (χ2n) is 5.39. The molecule has 1 fully saturated rings. The lowest BCUT2D eigenvalue weighted by atomic mass is 10.0. The van der Waals surface area contributed by atoms with Gasteiger partial charge in [0.2, 0.25) is 10.0 Å². The highest BCUT2D eigenvalue weighted by atomic mass is 32.2. The summed E-state index contributed by atoms with van der Waals surface area (Å²) in [6, 6.07) is 7.11. The molecule has 0 amide bonds. The van der Waals surface area contributed by atoms with Crippen LogP contribution in [0.15, 0.2) is 24.3 Å². The molecule has 1 aromatic rings. The van der Waals surface area contributed by atoms with Crippen LogP contribution in [0.1, 0.15) is 32.1 Å². The molecule has 0 aliphatic heterocycles. The molecule has 5 nitrogen and oxygen atoms in total. The van der Waals surface area contributed by atoms with Crippen LogP contribution in [0.5, 0.6) is 5.75 Å². The highest BCUT2D eigenvalue weighted by Gasteiger charge is 2.27. The van der Waals surface area contributed by atoms with Crippen molar-refractivity contribution in [2.75, 3.05) is 24.9 Å². The maximum absolute atomic E-state index is 12.4. The molecular formula is C15H24N2O3S. The summed E-state index contributed by atoms with van der Waals surface area (Å²) >= 11 is 0. The summed E-state index contributed by atoms with van der Waals surface area (Å²) in [5.41, 5.74) is 0.572. The van der Waals surface area contributed by atoms with Crippen LogP contribution in [0.25, 0.3) is 0 Å². The molecular weight excluding hydrogens is 288 g/mol. The number of sulfonamides is 1. The topological polar surface area (TPSA) is 67.4 Å². The molecule has 6 heteroatoms. The molecule has 0 aromatic heterocycles. The molecule has 1 aromatic carbocycles. The van der Waals surface area contributed by atoms with Crippen molar-refractivity contribution in [3.63, 3.8) is 0 Å². The van der Waals surface area contributed by atoms with Gasteiger partial charge in [0.05, 0.1) is 10.9 Å². The maximum Gasteiger partial charge on any atom is 0.235 e. The Balaban J connectivity index is 1.99. The molecule has 0 atom stereocenters. The predicted molar refractivity (Wildman–Crippen MR) is 85.3 cm³/mol. The van der Waals surface area contributed by atoms with E-state index in [-0.39, 0.29) is 5.25 Å². The Hall–Kier alpha value is -1.27. The Morgan fingerprint density at radius 3 is 2.71 bits per heavy atom. The zero-order chi connectivity index (χ0) is 15.1. The first kappa shape index (κ1) is 16.1. The molecule has 0 heterocycles. The lowest BCUT2D eigenvalue weighted by Gasteiger charge is -2.22. The number of ether oxygens (including phenoxy) is 1. The fraction of sp³-hybridized carbons (Fsp3) is 0.600. The number of nitrogens with one attached hydrogen (secondary N) is 2. The Morgan fingerprint density at radius 2 is 2.00 bits per heavy atom. The summed E-state index contributed by atoms with van der Waals surface area (Å²) in [4.78, 5) is 0. The van der Waals surface area contributed by atoms with Crippen LogP contribution in [-0.2, 0) is 10.0 Å². The third-order valence-corrected chi connectivity index (χ3v) is 5.58. The summed E-state index contributed by atoms with van der Waals surface area (Å²) < 4.78 is 33.0. The van der Waals surface area contributed by atoms with Crippen LogP contribution >= 0.6 is 0 Å². The molecule has 21 heavy (non-hydrogen) atoms. The maximum atomic E-state index is 12.4. The minimum absolute atomic E-state index is 0.264. The van der Waals surface area contributed by atoms with Crippen LogP contribution in [0.3, 0.4) is 0 Å². The zero-order valence-electron chi connectivity index (χ0n) is 12.5. The van der Waals surface area contributed by atoms with Gasteiger partial charge < -0.3 is 10.1 Å². The second kappa shape index (κ2) is 7.66. The summed E-state index contributed by atoms with van der Waals surface area (Å²) in [5.74, 6) is 0.675. The highest BCUT2D eigenvalue weighted by molar-refractivity contribution is 7.93. The Bertz CT molecular complexity index is 540. The average molecular weight is 312 g/mol. The van der Waals surface area contributed by atoms with Crippen molar-refractivity contribution in [3.05, 3.63) is 24.3 Å². The van der Waals surface area contributed by atoms with E-state index < -0.39 is 10.0 Å². The summed E-state index contributed by atoms with van der Waals surface area (Å²) in [7, 11) is -1.44. The van der Waals surface area contributed by atoms with E-state index in [1.165, 1.54) is 0 Å². The first-order valence-corrected chi connectivity index (χ1v) is 9.05. The van der Waals surface area contributed by atoms with E-state index in [1.807, 2.05) is 13.1 Å². The van der Waals surface area contributed by atoms with E-state index in [0.29, 0.717) is 18.0 Å². The summed E-state index contributed by atoms with van der Waals surface area (Å²) in [5, 5.41) is 2.73. The third kappa shape index (κ3) is 4.89. The van der Waals surface area contributed by atoms with Gasteiger partial charge in [0.15, 0.2) is 0 Å². The van der Waals surface area contributed by atoms with Gasteiger partial charge in [0.25, 0.3) is 0 Å². The number of rotatable bonds is 7. The van der Waals surface area contributed by atoms with Crippen molar-refractivity contribution < 1.29 is 13.2 Å². The molecule has 0 radical (unpaired) electrons. The molecule has 0 spiro atoms. The van der Waals surface area contributed by atoms with Crippen LogP contribution in [0.2, 0.25) is 0 Å². The van der Waals surface area contributed by atoms with Crippen LogP contribution in [0, 0.1) is 0 Å². The van der Waals surface area contributed by atoms with Crippen molar-refractivity contribution >= 4 is 15.7 Å². The van der Waals surface area contributed by atoms with E-state index in [2.05, 4.69) is 10.0 Å². The van der Waals surface area contributed by atoms with Crippen molar-refractivity contribution in [1.29, 1.82) is 0 Å². The Morgan fingerprint density at radius 1 is 1.24 bits per heavy atom. The Labute approximate surface area is 127 Å². The van der Waals surface area contributed by atoms with Gasteiger partial charge in [0, 0.05) is 12.6 Å². The molecule has 2 rings (SSSR count). The number of benzene rings is 1. The van der Waals surface area contributed by atoms with Gasteiger partial charge >= 0.3 is 0 Å². The van der Waals surface area contributed by atoms with E-state index >= 15 is 0 Å². The normalized spacial score (nSPS) is 16.6. The molecule has 0 saturated heterocycles. The second-order valence-corrected chi connectivity index (χ2v) is 7.35. The largest absolute Gasteiger partial charge is 0.492 e. The standard InChI is InChI=1S/C15H24N2O3S/c1-16-10-11-20-14-7-5-6-13(12-14)17-21(18,19)15-8-3-2-4-9-15/h5-7,12,15-17H,2-4,8-11H2,1H3. The van der Waals surface area contributed by atoms with Crippen molar-refractivity contribution in [2.45, 2.75) is 37.4 Å². The molecule has 2 N–H and O–H groups in total. The van der Waals surface area contributed by atoms with Crippen LogP contribution < -0.4 is 14.8 Å². The van der Waals surface area contributed by atoms with Crippen molar-refractivity contribution in [3.8, 4) is 5.75 Å². The number of anilines is 1. The van der Waals surface area contributed by atoms with Gasteiger partial charge in [-0.2, -0.15) is 0 Å². The smallest absolute Gasteiger partial charge is 0.235 e. The van der Waals surface area contributed by atoms with Gasteiger partial charge in [-0.15, -0.1) is 0 Å². The molecule has 118 valence electrons. The molecule has 1 aliphatic carbocycles. The van der Waals surface area contributed by atoms with Gasteiger partial charge in [-0.25, -0.2) is 8.42 Å². The van der Waals surface area contributed by atoms with Crippen LogP contribution in [-0.4, -0.2) is 33.9 Å². The fourth-order valence-corrected chi connectivity index (χ4v) is 4.12. The Kier molecular flexibility index (Phi) is 5.87. The first-order chi connectivity index (χ1) is 10.1. The minimum atomic E-state index is -3.30. The molecule has 0 unspecified atom stereocenters. The first-order valence-electron chi connectivity index (χ1n) is 7.51. The van der Waals surface area contributed by atoms with Gasteiger partial charge in [-0.3, -0.25) is 4.72 Å². The van der Waals surface area contributed by atoms with Gasteiger partial charge in [-0.05, 0) is 32.0 Å². The zero-order valence-corrected chi connectivity index (χ0v) is 13.3. The highest BCUT2D eigenvalue weighted by Crippen LogP contribution is 2.26. The van der Waals surface area contributed by atoms with Crippen LogP contribution in [0.4, 0.5) is 5.69 Å². The van der Waals surface area contributed by atoms with Gasteiger partial charge in [-0.1, -0.05) is 25.3 Å². The lowest BCUT2D eigenvalue weighted by molar-refractivity contribution is 0.318. The number of hydrogen-bond donors (Lipinski definition) is 2. The van der Waals surface area contributed by atoms with E-state index in [9.17, 15) is 8.42 Å². The molecule has 0 bridgehead atoms. The summed E-state index contributed by atoms with van der Waals surface area (Å²) in [6.07, 6.45) is 4.65. The quantitative estimate of drug-likeness (QED) is 0.759. The third-order valence-electron chi connectivity index (χ3n) is 3.71. The van der Waals surface area contributed by atoms with Crippen molar-refractivity contribution in [1.82, 2.24) is 5.32 Å². The lowest BCUT2D eigenvalue weighted by Crippen LogP contribution is -2.29. The van der Waals surface area contributed by atoms with Gasteiger partial charge in [0.1, 0.15) is 12.4 Å².